The van der Waals surface area contributed by atoms with E-state index >= 15 is 0 Å². The molecule has 0 atom stereocenters. The molecular weight excluding hydrogens is 413 g/mol. The fourth-order valence-electron chi connectivity index (χ4n) is 1.91. The second kappa shape index (κ2) is 10.3. The highest BCUT2D eigenvalue weighted by Gasteiger charge is 2.24. The summed E-state index contributed by atoms with van der Waals surface area (Å²) in [6.07, 6.45) is -0.209. The molecule has 6 nitrogen and oxygen atoms in total. The summed E-state index contributed by atoms with van der Waals surface area (Å²) in [5.74, 6) is 0.241. The summed E-state index contributed by atoms with van der Waals surface area (Å²) in [5, 5.41) is 19.8. The van der Waals surface area contributed by atoms with E-state index < -0.39 is 16.5 Å². The third-order valence-electron chi connectivity index (χ3n) is 3.44. The topological polar surface area (TPSA) is 94.8 Å². The molecule has 1 rings (SSSR count). The molecule has 1 aromatic rings. The summed E-state index contributed by atoms with van der Waals surface area (Å²) in [6, 6.07) is 7.23. The highest BCUT2D eigenvalue weighted by Crippen LogP contribution is 2.26. The monoisotopic (exact) mass is 435 g/mol. The van der Waals surface area contributed by atoms with E-state index in [0.717, 1.165) is 5.56 Å². The van der Waals surface area contributed by atoms with Crippen LogP contribution in [0.4, 0.5) is 10.5 Å². The van der Waals surface area contributed by atoms with Crippen LogP contribution in [0.15, 0.2) is 29.3 Å². The molecule has 0 saturated carbocycles. The predicted molar refractivity (Wildman–Crippen MR) is 111 cm³/mol. The fraction of sp³-hybridized carbons (Fsp3) is 0.500. The number of nitrogens with one attached hydrogen (secondary N) is 2. The molecule has 0 unspecified atom stereocenters. The van der Waals surface area contributed by atoms with Gasteiger partial charge in [0, 0.05) is 18.7 Å². The number of hydrogen-bond acceptors (Lipinski definition) is 5. The summed E-state index contributed by atoms with van der Waals surface area (Å²) in [4.78, 5) is 16.4. The minimum Gasteiger partial charge on any atom is -0.445 e. The second-order valence-electron chi connectivity index (χ2n) is 6.92. The van der Waals surface area contributed by atoms with Crippen LogP contribution in [0.25, 0.3) is 0 Å². The lowest BCUT2D eigenvalue weighted by Crippen LogP contribution is -2.36. The van der Waals surface area contributed by atoms with Gasteiger partial charge in [0.1, 0.15) is 12.4 Å². The average Bonchev–Trinajstić information content (AvgIpc) is 2.52. The zero-order valence-electron chi connectivity index (χ0n) is 15.5. The maximum Gasteiger partial charge on any atom is 0.412 e. The number of amides is 1. The molecule has 9 heteroatoms. The quantitative estimate of drug-likeness (QED) is 0.339. The van der Waals surface area contributed by atoms with E-state index in [9.17, 15) is 4.79 Å². The Morgan fingerprint density at radius 3 is 2.52 bits per heavy atom. The number of alkyl halides is 3. The normalized spacial score (nSPS) is 12.6. The van der Waals surface area contributed by atoms with Crippen molar-refractivity contribution in [2.45, 2.75) is 37.4 Å². The first kappa shape index (κ1) is 23.7. The summed E-state index contributed by atoms with van der Waals surface area (Å²) in [7, 11) is 0. The van der Waals surface area contributed by atoms with Gasteiger partial charge in [-0.05, 0) is 29.5 Å². The number of hydrogen-bond donors (Lipinski definition) is 3. The van der Waals surface area contributed by atoms with E-state index in [1.807, 2.05) is 26.8 Å². The number of rotatable bonds is 6. The zero-order chi connectivity index (χ0) is 20.7. The minimum atomic E-state index is -1.72. The first-order valence-electron chi connectivity index (χ1n) is 8.26. The summed E-state index contributed by atoms with van der Waals surface area (Å²) in [6.45, 7) is 5.30. The number of halogens is 3. The lowest BCUT2D eigenvalue weighted by molar-refractivity contribution is 0.154. The van der Waals surface area contributed by atoms with Crippen LogP contribution < -0.4 is 5.32 Å². The number of carbonyl (C=O) groups excluding carboxylic acids is 1. The van der Waals surface area contributed by atoms with Gasteiger partial charge < -0.3 is 15.3 Å². The van der Waals surface area contributed by atoms with Crippen LogP contribution in [-0.4, -0.2) is 39.8 Å². The fourth-order valence-corrected chi connectivity index (χ4v) is 2.08. The van der Waals surface area contributed by atoms with Gasteiger partial charge in [-0.15, -0.1) is 0 Å². The van der Waals surface area contributed by atoms with Crippen molar-refractivity contribution >= 4 is 58.1 Å². The van der Waals surface area contributed by atoms with Gasteiger partial charge in [-0.2, -0.15) is 0 Å². The lowest BCUT2D eigenvalue weighted by Gasteiger charge is -2.21. The predicted octanol–water partition coefficient (Wildman–Crippen LogP) is 4.80. The lowest BCUT2D eigenvalue weighted by atomic mass is 9.88. The second-order valence-corrected chi connectivity index (χ2v) is 9.44. The van der Waals surface area contributed by atoms with Gasteiger partial charge in [0.15, 0.2) is 0 Å². The van der Waals surface area contributed by atoms with Crippen LogP contribution in [-0.2, 0) is 11.2 Å². The summed E-state index contributed by atoms with van der Waals surface area (Å²) < 4.78 is 3.16. The number of carbonyl (C=O) groups is 1. The molecule has 0 fully saturated rings. The van der Waals surface area contributed by atoms with Crippen molar-refractivity contribution in [3.63, 3.8) is 0 Å². The molecule has 27 heavy (non-hydrogen) atoms. The van der Waals surface area contributed by atoms with Crippen molar-refractivity contribution < 1.29 is 14.6 Å². The molecular formula is C18H24Cl3N3O3. The van der Waals surface area contributed by atoms with Crippen molar-refractivity contribution in [2.24, 2.45) is 10.4 Å². The number of nitrogens with zero attached hydrogens (tertiary/aromatic N) is 1. The molecule has 0 aliphatic rings. The molecule has 0 aromatic heterocycles. The number of aliphatic imine (C=N–C) groups is 1. The van der Waals surface area contributed by atoms with E-state index in [4.69, 9.17) is 50.1 Å². The maximum absolute atomic E-state index is 12.0. The van der Waals surface area contributed by atoms with Crippen molar-refractivity contribution in [3.05, 3.63) is 29.8 Å². The largest absolute Gasteiger partial charge is 0.445 e. The molecule has 0 spiro atoms. The number of aliphatic hydroxyl groups excluding tert-OH is 1. The van der Waals surface area contributed by atoms with Gasteiger partial charge in [-0.25, -0.2) is 9.79 Å². The molecule has 1 aromatic carbocycles. The summed E-state index contributed by atoms with van der Waals surface area (Å²) in [5.41, 5.74) is 1.49. The SMILES string of the molecule is CC(C)(C)C(=N)CC(=Nc1cccc(CCO)c1)NC(=O)OCC(Cl)(Cl)Cl. The molecule has 0 radical (unpaired) electrons. The van der Waals surface area contributed by atoms with Crippen LogP contribution >= 0.6 is 34.8 Å². The molecule has 0 heterocycles. The van der Waals surface area contributed by atoms with Crippen molar-refractivity contribution in [2.75, 3.05) is 13.2 Å². The third kappa shape index (κ3) is 9.96. The van der Waals surface area contributed by atoms with Crippen molar-refractivity contribution in [3.8, 4) is 0 Å². The molecule has 3 N–H and O–H groups in total. The number of benzene rings is 1. The highest BCUT2D eigenvalue weighted by atomic mass is 35.6. The minimum absolute atomic E-state index is 0.0241. The van der Waals surface area contributed by atoms with E-state index in [1.54, 1.807) is 18.2 Å². The van der Waals surface area contributed by atoms with Gasteiger partial charge in [0.05, 0.1) is 5.69 Å². The Labute approximate surface area is 174 Å². The van der Waals surface area contributed by atoms with Gasteiger partial charge in [-0.3, -0.25) is 5.32 Å². The smallest absolute Gasteiger partial charge is 0.412 e. The average molecular weight is 437 g/mol. The number of amidine groups is 1. The van der Waals surface area contributed by atoms with E-state index in [-0.39, 0.29) is 24.3 Å². The van der Waals surface area contributed by atoms with Crippen LogP contribution in [0.3, 0.4) is 0 Å². The Morgan fingerprint density at radius 1 is 1.30 bits per heavy atom. The number of alkyl carbamates (subject to hydrolysis) is 1. The number of aliphatic hydroxyl groups is 1. The van der Waals surface area contributed by atoms with E-state index in [2.05, 4.69) is 10.3 Å². The zero-order valence-corrected chi connectivity index (χ0v) is 17.8. The van der Waals surface area contributed by atoms with Gasteiger partial charge >= 0.3 is 6.09 Å². The van der Waals surface area contributed by atoms with Crippen LogP contribution in [0.1, 0.15) is 32.8 Å². The van der Waals surface area contributed by atoms with Gasteiger partial charge in [0.25, 0.3) is 0 Å². The van der Waals surface area contributed by atoms with Gasteiger partial charge in [-0.1, -0.05) is 67.7 Å². The van der Waals surface area contributed by atoms with Crippen LogP contribution in [0.2, 0.25) is 0 Å². The molecule has 150 valence electrons. The van der Waals surface area contributed by atoms with Crippen LogP contribution in [0.5, 0.6) is 0 Å². The Hall–Kier alpha value is -1.34. The highest BCUT2D eigenvalue weighted by molar-refractivity contribution is 6.67. The third-order valence-corrected chi connectivity index (χ3v) is 3.77. The Bertz CT molecular complexity index is 695. The van der Waals surface area contributed by atoms with Crippen molar-refractivity contribution in [1.82, 2.24) is 5.32 Å². The Balaban J connectivity index is 3.01. The van der Waals surface area contributed by atoms with E-state index in [0.29, 0.717) is 17.8 Å². The number of ether oxygens (including phenoxy) is 1. The molecule has 0 saturated heterocycles. The molecule has 0 bridgehead atoms. The first-order chi connectivity index (χ1) is 12.4. The molecule has 1 amide bonds. The molecule has 0 aliphatic carbocycles. The van der Waals surface area contributed by atoms with E-state index in [1.165, 1.54) is 0 Å². The standard InChI is InChI=1S/C18H24Cl3N3O3/c1-17(2,3)14(22)10-15(24-16(26)27-11-18(19,20)21)23-13-6-4-5-12(9-13)7-8-25/h4-6,9,22,25H,7-8,10-11H2,1-3H3,(H,23,24,26). The Kier molecular flexibility index (Phi) is 9.02. The van der Waals surface area contributed by atoms with Gasteiger partial charge in [0.2, 0.25) is 3.79 Å². The van der Waals surface area contributed by atoms with Crippen LogP contribution in [0, 0.1) is 10.8 Å². The Morgan fingerprint density at radius 2 is 1.96 bits per heavy atom. The molecule has 0 aliphatic heterocycles. The first-order valence-corrected chi connectivity index (χ1v) is 9.40. The summed E-state index contributed by atoms with van der Waals surface area (Å²) >= 11 is 16.7. The van der Waals surface area contributed by atoms with Crippen molar-refractivity contribution in [1.29, 1.82) is 5.41 Å². The maximum atomic E-state index is 12.0.